The molecule has 0 aliphatic carbocycles. The molecule has 31 heavy (non-hydrogen) atoms. The van der Waals surface area contributed by atoms with Crippen molar-refractivity contribution in [3.8, 4) is 17.1 Å². The van der Waals surface area contributed by atoms with Crippen molar-refractivity contribution in [3.63, 3.8) is 0 Å². The Balaban J connectivity index is 1.25. The standard InChI is InChI=1S/C25H23N3O3/c1-18-6-5-9-20(16-18)25-27-24(31-28-25)15-14-23(29)26-21-10-12-22(13-11-21)30-17-19-7-3-2-4-8-19/h2-13,16H,14-15,17H2,1H3,(H,26,29). The van der Waals surface area contributed by atoms with Crippen LogP contribution >= 0.6 is 0 Å². The van der Waals surface area contributed by atoms with E-state index in [1.165, 1.54) is 0 Å². The predicted molar refractivity (Wildman–Crippen MR) is 119 cm³/mol. The predicted octanol–water partition coefficient (Wildman–Crippen LogP) is 5.20. The number of nitrogens with zero attached hydrogens (tertiary/aromatic N) is 2. The normalized spacial score (nSPS) is 10.6. The van der Waals surface area contributed by atoms with Gasteiger partial charge in [0.15, 0.2) is 0 Å². The van der Waals surface area contributed by atoms with E-state index < -0.39 is 0 Å². The van der Waals surface area contributed by atoms with Crippen LogP contribution in [0.4, 0.5) is 5.69 Å². The molecule has 0 spiro atoms. The van der Waals surface area contributed by atoms with Gasteiger partial charge in [0.25, 0.3) is 0 Å². The average molecular weight is 413 g/mol. The van der Waals surface area contributed by atoms with Crippen molar-refractivity contribution in [3.05, 3.63) is 95.9 Å². The van der Waals surface area contributed by atoms with E-state index in [-0.39, 0.29) is 12.3 Å². The zero-order chi connectivity index (χ0) is 21.5. The first-order valence-corrected chi connectivity index (χ1v) is 10.1. The molecule has 1 aromatic heterocycles. The van der Waals surface area contributed by atoms with Gasteiger partial charge in [-0.1, -0.05) is 59.3 Å². The molecular weight excluding hydrogens is 390 g/mol. The van der Waals surface area contributed by atoms with Crippen LogP contribution in [-0.4, -0.2) is 16.0 Å². The Hall–Kier alpha value is -3.93. The lowest BCUT2D eigenvalue weighted by molar-refractivity contribution is -0.116. The summed E-state index contributed by atoms with van der Waals surface area (Å²) >= 11 is 0. The maximum absolute atomic E-state index is 12.3. The summed E-state index contributed by atoms with van der Waals surface area (Å²) in [4.78, 5) is 16.7. The van der Waals surface area contributed by atoms with E-state index in [4.69, 9.17) is 9.26 Å². The Kier molecular flexibility index (Phi) is 6.38. The largest absolute Gasteiger partial charge is 0.489 e. The highest BCUT2D eigenvalue weighted by Crippen LogP contribution is 2.19. The van der Waals surface area contributed by atoms with Crippen molar-refractivity contribution in [2.24, 2.45) is 0 Å². The minimum Gasteiger partial charge on any atom is -0.489 e. The highest BCUT2D eigenvalue weighted by atomic mass is 16.5. The fourth-order valence-electron chi connectivity index (χ4n) is 3.08. The fraction of sp³-hybridized carbons (Fsp3) is 0.160. The molecule has 0 saturated heterocycles. The van der Waals surface area contributed by atoms with Gasteiger partial charge >= 0.3 is 0 Å². The third kappa shape index (κ3) is 5.79. The Bertz CT molecular complexity index is 1140. The Morgan fingerprint density at radius 1 is 1.00 bits per heavy atom. The summed E-state index contributed by atoms with van der Waals surface area (Å²) in [6, 6.07) is 25.2. The van der Waals surface area contributed by atoms with Crippen LogP contribution in [-0.2, 0) is 17.8 Å². The van der Waals surface area contributed by atoms with Gasteiger partial charge in [0.1, 0.15) is 12.4 Å². The Labute approximate surface area is 180 Å². The smallest absolute Gasteiger partial charge is 0.227 e. The molecule has 0 aliphatic rings. The fourth-order valence-corrected chi connectivity index (χ4v) is 3.08. The van der Waals surface area contributed by atoms with Gasteiger partial charge in [-0.3, -0.25) is 4.79 Å². The van der Waals surface area contributed by atoms with Gasteiger partial charge in [-0.2, -0.15) is 4.98 Å². The number of nitrogens with one attached hydrogen (secondary N) is 1. The van der Waals surface area contributed by atoms with Crippen LogP contribution in [0.1, 0.15) is 23.4 Å². The van der Waals surface area contributed by atoms with Crippen LogP contribution in [0.25, 0.3) is 11.4 Å². The highest BCUT2D eigenvalue weighted by molar-refractivity contribution is 5.90. The third-order valence-electron chi connectivity index (χ3n) is 4.70. The zero-order valence-electron chi connectivity index (χ0n) is 17.2. The van der Waals surface area contributed by atoms with Crippen LogP contribution in [0, 0.1) is 6.92 Å². The Morgan fingerprint density at radius 3 is 2.58 bits per heavy atom. The molecule has 0 saturated carbocycles. The number of rotatable bonds is 8. The number of benzene rings is 3. The second-order valence-electron chi connectivity index (χ2n) is 7.23. The summed E-state index contributed by atoms with van der Waals surface area (Å²) < 4.78 is 11.0. The lowest BCUT2D eigenvalue weighted by Gasteiger charge is -2.08. The summed E-state index contributed by atoms with van der Waals surface area (Å²) in [5.74, 6) is 1.60. The van der Waals surface area contributed by atoms with Crippen molar-refractivity contribution in [2.45, 2.75) is 26.4 Å². The van der Waals surface area contributed by atoms with Gasteiger partial charge in [0, 0.05) is 24.1 Å². The van der Waals surface area contributed by atoms with Gasteiger partial charge in [-0.15, -0.1) is 0 Å². The van der Waals surface area contributed by atoms with E-state index >= 15 is 0 Å². The number of carbonyl (C=O) groups is 1. The maximum atomic E-state index is 12.3. The number of hydrogen-bond donors (Lipinski definition) is 1. The van der Waals surface area contributed by atoms with Crippen molar-refractivity contribution >= 4 is 11.6 Å². The summed E-state index contributed by atoms with van der Waals surface area (Å²) in [6.45, 7) is 2.51. The maximum Gasteiger partial charge on any atom is 0.227 e. The lowest BCUT2D eigenvalue weighted by Crippen LogP contribution is -2.12. The average Bonchev–Trinajstić information content (AvgIpc) is 3.27. The molecule has 1 amide bonds. The molecule has 0 atom stereocenters. The number of amides is 1. The highest BCUT2D eigenvalue weighted by Gasteiger charge is 2.11. The molecule has 1 heterocycles. The van der Waals surface area contributed by atoms with Crippen molar-refractivity contribution in [2.75, 3.05) is 5.32 Å². The van der Waals surface area contributed by atoms with Gasteiger partial charge in [0.2, 0.25) is 17.6 Å². The van der Waals surface area contributed by atoms with Gasteiger partial charge in [-0.05, 0) is 42.8 Å². The number of hydrogen-bond acceptors (Lipinski definition) is 5. The summed E-state index contributed by atoms with van der Waals surface area (Å²) in [5, 5.41) is 6.88. The molecule has 3 aromatic carbocycles. The van der Waals surface area contributed by atoms with E-state index in [2.05, 4.69) is 15.5 Å². The van der Waals surface area contributed by atoms with E-state index in [9.17, 15) is 4.79 Å². The molecule has 0 radical (unpaired) electrons. The quantitative estimate of drug-likeness (QED) is 0.430. The SMILES string of the molecule is Cc1cccc(-c2noc(CCC(=O)Nc3ccc(OCc4ccccc4)cc3)n2)c1. The third-order valence-corrected chi connectivity index (χ3v) is 4.70. The van der Waals surface area contributed by atoms with Gasteiger partial charge < -0.3 is 14.6 Å². The van der Waals surface area contributed by atoms with E-state index in [0.29, 0.717) is 30.4 Å². The second kappa shape index (κ2) is 9.71. The Morgan fingerprint density at radius 2 is 1.81 bits per heavy atom. The first-order valence-electron chi connectivity index (χ1n) is 10.1. The first kappa shape index (κ1) is 20.3. The number of carbonyl (C=O) groups excluding carboxylic acids is 1. The molecule has 0 unspecified atom stereocenters. The number of anilines is 1. The number of ether oxygens (including phenoxy) is 1. The van der Waals surface area contributed by atoms with E-state index in [1.54, 1.807) is 0 Å². The monoisotopic (exact) mass is 413 g/mol. The molecule has 6 nitrogen and oxygen atoms in total. The summed E-state index contributed by atoms with van der Waals surface area (Å²) in [7, 11) is 0. The van der Waals surface area contributed by atoms with E-state index in [1.807, 2.05) is 85.8 Å². The summed E-state index contributed by atoms with van der Waals surface area (Å²) in [5.41, 5.74) is 3.84. The van der Waals surface area contributed by atoms with Crippen LogP contribution in [0.2, 0.25) is 0 Å². The molecule has 0 bridgehead atoms. The van der Waals surface area contributed by atoms with Crippen LogP contribution in [0.3, 0.4) is 0 Å². The van der Waals surface area contributed by atoms with Crippen LogP contribution in [0.15, 0.2) is 83.4 Å². The van der Waals surface area contributed by atoms with Crippen LogP contribution in [0.5, 0.6) is 5.75 Å². The first-order chi connectivity index (χ1) is 15.2. The molecule has 4 rings (SSSR count). The zero-order valence-corrected chi connectivity index (χ0v) is 17.2. The topological polar surface area (TPSA) is 77.2 Å². The van der Waals surface area contributed by atoms with Crippen molar-refractivity contribution < 1.29 is 14.1 Å². The molecule has 0 fully saturated rings. The number of aromatic nitrogens is 2. The number of aryl methyl sites for hydroxylation is 2. The van der Waals surface area contributed by atoms with Gasteiger partial charge in [0.05, 0.1) is 0 Å². The molecular formula is C25H23N3O3. The molecule has 1 N–H and O–H groups in total. The van der Waals surface area contributed by atoms with Gasteiger partial charge in [-0.25, -0.2) is 0 Å². The summed E-state index contributed by atoms with van der Waals surface area (Å²) in [6.07, 6.45) is 0.630. The van der Waals surface area contributed by atoms with Crippen molar-refractivity contribution in [1.82, 2.24) is 10.1 Å². The molecule has 4 aromatic rings. The van der Waals surface area contributed by atoms with E-state index in [0.717, 1.165) is 22.4 Å². The lowest BCUT2D eigenvalue weighted by atomic mass is 10.1. The second-order valence-corrected chi connectivity index (χ2v) is 7.23. The van der Waals surface area contributed by atoms with Crippen LogP contribution < -0.4 is 10.1 Å². The minimum atomic E-state index is -0.117. The van der Waals surface area contributed by atoms with Crippen molar-refractivity contribution in [1.29, 1.82) is 0 Å². The minimum absolute atomic E-state index is 0.117. The molecule has 0 aliphatic heterocycles. The molecule has 156 valence electrons. The molecule has 6 heteroatoms.